The zero-order valence-corrected chi connectivity index (χ0v) is 37.4. The highest BCUT2D eigenvalue weighted by Crippen LogP contribution is 2.02. The number of rotatable bonds is 20. The molecule has 0 aromatic carbocycles. The van der Waals surface area contributed by atoms with Crippen LogP contribution in [0, 0.1) is 35.5 Å². The molecule has 0 spiro atoms. The second-order valence-electron chi connectivity index (χ2n) is 16.8. The molecule has 0 saturated carbocycles. The average molecular weight is 705 g/mol. The molecule has 0 saturated heterocycles. The summed E-state index contributed by atoms with van der Waals surface area (Å²) in [7, 11) is 3.95. The van der Waals surface area contributed by atoms with Gasteiger partial charge in [0.25, 0.3) is 0 Å². The van der Waals surface area contributed by atoms with Crippen LogP contribution in [0.25, 0.3) is 0 Å². The molecular formula is C42H92N2O5. The number of hydrogen-bond acceptors (Lipinski definition) is 7. The SMILES string of the molecule is CC(C)C(=O)CN(C)C(C)C.CC(C)C(=O)CN(C)C(C)C.CC(C)CCOC(C)C.CC(C)CCOC(C)C.CC(C)COCC(C)C. The van der Waals surface area contributed by atoms with Crippen molar-refractivity contribution in [3.8, 4) is 0 Å². The van der Waals surface area contributed by atoms with Crippen molar-refractivity contribution in [3.63, 3.8) is 0 Å². The molecule has 0 radical (unpaired) electrons. The fraction of sp³-hybridized carbons (Fsp3) is 0.952. The van der Waals surface area contributed by atoms with Crippen LogP contribution in [0.4, 0.5) is 0 Å². The molecule has 0 N–H and O–H groups in total. The van der Waals surface area contributed by atoms with Crippen molar-refractivity contribution in [2.24, 2.45) is 35.5 Å². The summed E-state index contributed by atoms with van der Waals surface area (Å²) in [6.07, 6.45) is 3.14. The molecule has 0 aromatic rings. The molecule has 0 aliphatic carbocycles. The fourth-order valence-corrected chi connectivity index (χ4v) is 2.84. The smallest absolute Gasteiger partial charge is 0.149 e. The van der Waals surface area contributed by atoms with Crippen LogP contribution in [0.2, 0.25) is 0 Å². The topological polar surface area (TPSA) is 68.3 Å². The summed E-state index contributed by atoms with van der Waals surface area (Å²) < 4.78 is 16.1. The molecule has 0 rings (SSSR count). The van der Waals surface area contributed by atoms with Gasteiger partial charge in [-0.25, -0.2) is 0 Å². The molecule has 0 heterocycles. The molecule has 0 amide bonds. The van der Waals surface area contributed by atoms with Crippen molar-refractivity contribution in [2.45, 2.75) is 176 Å². The Labute approximate surface area is 309 Å². The lowest BCUT2D eigenvalue weighted by Crippen LogP contribution is -2.33. The quantitative estimate of drug-likeness (QED) is 0.125. The lowest BCUT2D eigenvalue weighted by atomic mass is 10.1. The van der Waals surface area contributed by atoms with Crippen LogP contribution < -0.4 is 0 Å². The van der Waals surface area contributed by atoms with E-state index in [1.54, 1.807) is 0 Å². The van der Waals surface area contributed by atoms with Gasteiger partial charge < -0.3 is 14.2 Å². The van der Waals surface area contributed by atoms with Gasteiger partial charge in [-0.2, -0.15) is 0 Å². The second-order valence-corrected chi connectivity index (χ2v) is 16.8. The Bertz CT molecular complexity index is 602. The van der Waals surface area contributed by atoms with Gasteiger partial charge in [-0.05, 0) is 106 Å². The van der Waals surface area contributed by atoms with E-state index >= 15 is 0 Å². The molecule has 7 heteroatoms. The number of ether oxygens (including phenoxy) is 3. The second kappa shape index (κ2) is 36.9. The molecule has 49 heavy (non-hydrogen) atoms. The number of hydrogen-bond donors (Lipinski definition) is 0. The summed E-state index contributed by atoms with van der Waals surface area (Å²) in [5.41, 5.74) is 0. The summed E-state index contributed by atoms with van der Waals surface area (Å²) >= 11 is 0. The Morgan fingerprint density at radius 2 is 0.714 bits per heavy atom. The van der Waals surface area contributed by atoms with Crippen molar-refractivity contribution in [1.29, 1.82) is 0 Å². The van der Waals surface area contributed by atoms with E-state index in [0.717, 1.165) is 38.3 Å². The fourth-order valence-electron chi connectivity index (χ4n) is 2.84. The van der Waals surface area contributed by atoms with Gasteiger partial charge in [0.2, 0.25) is 0 Å². The first-order valence-electron chi connectivity index (χ1n) is 19.5. The third-order valence-corrected chi connectivity index (χ3v) is 7.06. The predicted octanol–water partition coefficient (Wildman–Crippen LogP) is 10.3. The number of carbonyl (C=O) groups is 2. The minimum Gasteiger partial charge on any atom is -0.381 e. The number of Topliss-reactive ketones (excluding diaryl/α,β-unsaturated/α-hetero) is 2. The Kier molecular flexibility index (Phi) is 43.3. The maximum atomic E-state index is 11.2. The largest absolute Gasteiger partial charge is 0.381 e. The average Bonchev–Trinajstić information content (AvgIpc) is 2.92. The number of likely N-dealkylation sites (N-methyl/N-ethyl adjacent to an activating group) is 2. The van der Waals surface area contributed by atoms with Crippen molar-refractivity contribution in [1.82, 2.24) is 9.80 Å². The molecule has 7 nitrogen and oxygen atoms in total. The van der Waals surface area contributed by atoms with E-state index in [1.807, 2.05) is 41.8 Å². The van der Waals surface area contributed by atoms with E-state index in [2.05, 4.69) is 121 Å². The van der Waals surface area contributed by atoms with Gasteiger partial charge in [0.05, 0.1) is 25.3 Å². The van der Waals surface area contributed by atoms with Gasteiger partial charge in [0, 0.05) is 50.3 Å². The molecule has 0 bridgehead atoms. The van der Waals surface area contributed by atoms with Gasteiger partial charge in [-0.1, -0.05) is 83.1 Å². The summed E-state index contributed by atoms with van der Waals surface area (Å²) in [4.78, 5) is 26.5. The predicted molar refractivity (Wildman–Crippen MR) is 217 cm³/mol. The van der Waals surface area contributed by atoms with Crippen molar-refractivity contribution in [2.75, 3.05) is 53.6 Å². The van der Waals surface area contributed by atoms with Crippen LogP contribution in [0.1, 0.15) is 151 Å². The van der Waals surface area contributed by atoms with E-state index in [-0.39, 0.29) is 11.8 Å². The first-order chi connectivity index (χ1) is 22.3. The van der Waals surface area contributed by atoms with Crippen molar-refractivity contribution >= 4 is 11.6 Å². The highest BCUT2D eigenvalue weighted by atomic mass is 16.5. The normalized spacial score (nSPS) is 11.5. The van der Waals surface area contributed by atoms with Crippen molar-refractivity contribution in [3.05, 3.63) is 0 Å². The molecule has 0 aliphatic rings. The van der Waals surface area contributed by atoms with Crippen LogP contribution >= 0.6 is 0 Å². The highest BCUT2D eigenvalue weighted by molar-refractivity contribution is 5.82. The van der Waals surface area contributed by atoms with Gasteiger partial charge in [0.15, 0.2) is 0 Å². The Morgan fingerprint density at radius 3 is 0.878 bits per heavy atom. The van der Waals surface area contributed by atoms with Crippen LogP contribution in [0.3, 0.4) is 0 Å². The summed E-state index contributed by atoms with van der Waals surface area (Å²) in [5.74, 6) is 3.84. The van der Waals surface area contributed by atoms with Crippen LogP contribution in [0.5, 0.6) is 0 Å². The van der Waals surface area contributed by atoms with Gasteiger partial charge >= 0.3 is 0 Å². The molecular weight excluding hydrogens is 612 g/mol. The zero-order chi connectivity index (χ0) is 39.9. The first kappa shape index (κ1) is 57.5. The van der Waals surface area contributed by atoms with Crippen molar-refractivity contribution < 1.29 is 23.8 Å². The number of carbonyl (C=O) groups excluding carboxylic acids is 2. The van der Waals surface area contributed by atoms with E-state index in [1.165, 1.54) is 12.8 Å². The number of ketones is 2. The minimum absolute atomic E-state index is 0.163. The van der Waals surface area contributed by atoms with Crippen LogP contribution in [0.15, 0.2) is 0 Å². The Morgan fingerprint density at radius 1 is 0.449 bits per heavy atom. The molecule has 0 aromatic heterocycles. The van der Waals surface area contributed by atoms with Gasteiger partial charge in [0.1, 0.15) is 11.6 Å². The van der Waals surface area contributed by atoms with Gasteiger partial charge in [-0.3, -0.25) is 19.4 Å². The van der Waals surface area contributed by atoms with E-state index in [9.17, 15) is 9.59 Å². The van der Waals surface area contributed by atoms with E-state index < -0.39 is 0 Å². The van der Waals surface area contributed by atoms with E-state index in [4.69, 9.17) is 14.2 Å². The summed E-state index contributed by atoms with van der Waals surface area (Å²) in [5, 5.41) is 0. The summed E-state index contributed by atoms with van der Waals surface area (Å²) in [6, 6.07) is 0.912. The minimum atomic E-state index is 0.163. The Hall–Kier alpha value is -0.860. The standard InChI is InChI=1S/2C9H19NO.3C8H18O/c2*1-7(2)9(11)6-10(5)8(3)4;1-7(2)5-9-6-8(3)4;2*1-7(2)5-6-9-8(3)4/h2*7-8H,6H2,1-5H3;3*7-8H,5-6H2,1-4H3. The lowest BCUT2D eigenvalue weighted by molar-refractivity contribution is -0.123. The van der Waals surface area contributed by atoms with Gasteiger partial charge in [-0.15, -0.1) is 0 Å². The maximum absolute atomic E-state index is 11.2. The third kappa shape index (κ3) is 56.8. The monoisotopic (exact) mass is 705 g/mol. The summed E-state index contributed by atoms with van der Waals surface area (Å²) in [6.45, 7) is 46.7. The molecule has 0 atom stereocenters. The van der Waals surface area contributed by atoms with Crippen LogP contribution in [-0.4, -0.2) is 99.3 Å². The molecule has 300 valence electrons. The molecule has 0 unspecified atom stereocenters. The zero-order valence-electron chi connectivity index (χ0n) is 37.4. The van der Waals surface area contributed by atoms with E-state index in [0.29, 0.717) is 60.8 Å². The maximum Gasteiger partial charge on any atom is 0.149 e. The molecule has 0 fully saturated rings. The lowest BCUT2D eigenvalue weighted by Gasteiger charge is -2.20. The highest BCUT2D eigenvalue weighted by Gasteiger charge is 2.12. The number of nitrogens with zero attached hydrogens (tertiary/aromatic N) is 2. The Balaban J connectivity index is -0.000000165. The first-order valence-corrected chi connectivity index (χ1v) is 19.5. The molecule has 0 aliphatic heterocycles. The third-order valence-electron chi connectivity index (χ3n) is 7.06. The van der Waals surface area contributed by atoms with Crippen LogP contribution in [-0.2, 0) is 23.8 Å².